The number of nitrogens with one attached hydrogen (secondary N) is 1. The third-order valence-corrected chi connectivity index (χ3v) is 2.84. The van der Waals surface area contributed by atoms with Crippen LogP contribution in [0, 0.1) is 12.7 Å². The molecule has 0 fully saturated rings. The number of fused-ring (bicyclic) bond motifs is 1. The maximum absolute atomic E-state index is 13.3. The number of hydrogen-bond acceptors (Lipinski definition) is 3. The van der Waals surface area contributed by atoms with Crippen molar-refractivity contribution < 1.29 is 4.39 Å². The van der Waals surface area contributed by atoms with Crippen molar-refractivity contribution in [1.82, 2.24) is 15.0 Å². The summed E-state index contributed by atoms with van der Waals surface area (Å²) < 4.78 is 13.3. The summed E-state index contributed by atoms with van der Waals surface area (Å²) in [6.45, 7) is 1.79. The first-order chi connectivity index (χ1) is 8.65. The third kappa shape index (κ3) is 1.60. The summed E-state index contributed by atoms with van der Waals surface area (Å²) in [5.74, 6) is 0.345. The maximum atomic E-state index is 13.3. The average Bonchev–Trinajstić information content (AvgIpc) is 2.75. The van der Waals surface area contributed by atoms with Gasteiger partial charge >= 0.3 is 0 Å². The number of hydrogen-bond donors (Lipinski definition) is 2. The van der Waals surface area contributed by atoms with E-state index < -0.39 is 0 Å². The highest BCUT2D eigenvalue weighted by Crippen LogP contribution is 2.30. The molecule has 0 unspecified atom stereocenters. The van der Waals surface area contributed by atoms with Gasteiger partial charge in [0.25, 0.3) is 0 Å². The van der Waals surface area contributed by atoms with Crippen LogP contribution in [0.2, 0.25) is 0 Å². The van der Waals surface area contributed by atoms with Crippen LogP contribution in [0.3, 0.4) is 0 Å². The molecule has 3 rings (SSSR count). The van der Waals surface area contributed by atoms with Crippen LogP contribution in [-0.4, -0.2) is 15.0 Å². The van der Waals surface area contributed by atoms with E-state index in [1.807, 2.05) is 0 Å². The van der Waals surface area contributed by atoms with Crippen LogP contribution in [0.15, 0.2) is 30.6 Å². The Morgan fingerprint density at radius 3 is 3.00 bits per heavy atom. The zero-order valence-electron chi connectivity index (χ0n) is 9.74. The van der Waals surface area contributed by atoms with Gasteiger partial charge in [0.2, 0.25) is 0 Å². The Hall–Kier alpha value is -2.43. The van der Waals surface area contributed by atoms with Gasteiger partial charge in [0, 0.05) is 22.7 Å². The summed E-state index contributed by atoms with van der Waals surface area (Å²) in [5.41, 5.74) is 8.61. The van der Waals surface area contributed by atoms with Crippen LogP contribution in [-0.2, 0) is 0 Å². The largest absolute Gasteiger partial charge is 0.396 e. The highest BCUT2D eigenvalue weighted by Gasteiger charge is 2.11. The number of nitrogens with two attached hydrogens (primary N) is 1. The molecule has 1 aromatic carbocycles. The minimum Gasteiger partial charge on any atom is -0.396 e. The monoisotopic (exact) mass is 242 g/mol. The lowest BCUT2D eigenvalue weighted by molar-refractivity contribution is 0.630. The molecule has 3 aromatic rings. The first-order valence-corrected chi connectivity index (χ1v) is 5.51. The molecule has 0 spiro atoms. The lowest BCUT2D eigenvalue weighted by atomic mass is 10.1. The molecule has 0 amide bonds. The van der Waals surface area contributed by atoms with Crippen LogP contribution in [0.1, 0.15) is 5.82 Å². The molecule has 2 aromatic heterocycles. The van der Waals surface area contributed by atoms with E-state index in [2.05, 4.69) is 15.0 Å². The fourth-order valence-corrected chi connectivity index (χ4v) is 1.98. The van der Waals surface area contributed by atoms with Gasteiger partial charge in [-0.15, -0.1) is 0 Å². The Kier molecular flexibility index (Phi) is 2.26. The van der Waals surface area contributed by atoms with Gasteiger partial charge in [-0.3, -0.25) is 0 Å². The Bertz CT molecular complexity index is 733. The number of nitrogens with zero attached hydrogens (tertiary/aromatic N) is 2. The van der Waals surface area contributed by atoms with Gasteiger partial charge in [0.15, 0.2) is 0 Å². The molecule has 0 saturated heterocycles. The number of halogens is 1. The Balaban J connectivity index is 2.31. The second-order valence-electron chi connectivity index (χ2n) is 4.11. The van der Waals surface area contributed by atoms with E-state index in [1.165, 1.54) is 12.1 Å². The van der Waals surface area contributed by atoms with Crippen molar-refractivity contribution in [3.05, 3.63) is 42.2 Å². The van der Waals surface area contributed by atoms with E-state index >= 15 is 0 Å². The Morgan fingerprint density at radius 1 is 1.33 bits per heavy atom. The third-order valence-electron chi connectivity index (χ3n) is 2.84. The first-order valence-electron chi connectivity index (χ1n) is 5.51. The summed E-state index contributed by atoms with van der Waals surface area (Å²) in [7, 11) is 0. The minimum atomic E-state index is -0.285. The lowest BCUT2D eigenvalue weighted by Crippen LogP contribution is -1.97. The predicted octanol–water partition coefficient (Wildman–Crippen LogP) is 2.65. The number of aromatic amines is 1. The summed E-state index contributed by atoms with van der Waals surface area (Å²) in [5, 5.41) is 0.764. The van der Waals surface area contributed by atoms with Crippen molar-refractivity contribution in [1.29, 1.82) is 0 Å². The number of nitrogen functional groups attached to an aromatic ring is 1. The molecular formula is C13H11FN4. The van der Waals surface area contributed by atoms with Crippen LogP contribution in [0.4, 0.5) is 10.1 Å². The van der Waals surface area contributed by atoms with E-state index in [0.717, 1.165) is 16.5 Å². The van der Waals surface area contributed by atoms with Crippen LogP contribution < -0.4 is 5.73 Å². The SMILES string of the molecule is Cc1ncc(N)c(-c2c[nH]c3ccc(F)cc23)n1. The van der Waals surface area contributed by atoms with Gasteiger partial charge in [-0.05, 0) is 25.1 Å². The molecule has 90 valence electrons. The molecule has 0 aliphatic rings. The van der Waals surface area contributed by atoms with Crippen molar-refractivity contribution >= 4 is 16.6 Å². The molecule has 3 N–H and O–H groups in total. The molecule has 4 nitrogen and oxygen atoms in total. The van der Waals surface area contributed by atoms with E-state index in [1.54, 1.807) is 25.4 Å². The van der Waals surface area contributed by atoms with Gasteiger partial charge in [-0.25, -0.2) is 14.4 Å². The highest BCUT2D eigenvalue weighted by molar-refractivity contribution is 5.96. The van der Waals surface area contributed by atoms with Crippen molar-refractivity contribution in [3.8, 4) is 11.3 Å². The second kappa shape index (κ2) is 3.80. The lowest BCUT2D eigenvalue weighted by Gasteiger charge is -2.04. The number of rotatable bonds is 1. The minimum absolute atomic E-state index is 0.285. The molecule has 18 heavy (non-hydrogen) atoms. The summed E-state index contributed by atoms with van der Waals surface area (Å²) in [6, 6.07) is 4.58. The number of anilines is 1. The molecule has 5 heteroatoms. The molecule has 0 aliphatic heterocycles. The van der Waals surface area contributed by atoms with E-state index in [0.29, 0.717) is 17.2 Å². The first kappa shape index (κ1) is 10.7. The quantitative estimate of drug-likeness (QED) is 0.689. The van der Waals surface area contributed by atoms with Gasteiger partial charge in [0.1, 0.15) is 11.6 Å². The zero-order chi connectivity index (χ0) is 12.7. The van der Waals surface area contributed by atoms with E-state index in [9.17, 15) is 4.39 Å². The van der Waals surface area contributed by atoms with Crippen LogP contribution in [0.25, 0.3) is 22.2 Å². The smallest absolute Gasteiger partial charge is 0.126 e. The molecule has 0 atom stereocenters. The molecular weight excluding hydrogens is 231 g/mol. The number of benzene rings is 1. The summed E-state index contributed by atoms with van der Waals surface area (Å²) in [6.07, 6.45) is 3.35. The highest BCUT2D eigenvalue weighted by atomic mass is 19.1. The summed E-state index contributed by atoms with van der Waals surface area (Å²) >= 11 is 0. The molecule has 0 aliphatic carbocycles. The fraction of sp³-hybridized carbons (Fsp3) is 0.0769. The van der Waals surface area contributed by atoms with Gasteiger partial charge in [-0.1, -0.05) is 0 Å². The Labute approximate surface area is 103 Å². The van der Waals surface area contributed by atoms with Crippen molar-refractivity contribution in [2.24, 2.45) is 0 Å². The van der Waals surface area contributed by atoms with E-state index in [-0.39, 0.29) is 5.82 Å². The Morgan fingerprint density at radius 2 is 2.17 bits per heavy atom. The van der Waals surface area contributed by atoms with Crippen molar-refractivity contribution in [2.45, 2.75) is 6.92 Å². The number of aryl methyl sites for hydroxylation is 1. The maximum Gasteiger partial charge on any atom is 0.126 e. The van der Waals surface area contributed by atoms with Gasteiger partial charge in [0.05, 0.1) is 17.6 Å². The normalized spacial score (nSPS) is 11.0. The second-order valence-corrected chi connectivity index (χ2v) is 4.11. The molecule has 2 heterocycles. The van der Waals surface area contributed by atoms with E-state index in [4.69, 9.17) is 5.73 Å². The fourth-order valence-electron chi connectivity index (χ4n) is 1.98. The predicted molar refractivity (Wildman–Crippen MR) is 68.4 cm³/mol. The van der Waals surface area contributed by atoms with Crippen LogP contribution in [0.5, 0.6) is 0 Å². The summed E-state index contributed by atoms with van der Waals surface area (Å²) in [4.78, 5) is 11.4. The van der Waals surface area contributed by atoms with Gasteiger partial charge in [-0.2, -0.15) is 0 Å². The molecule has 0 bridgehead atoms. The standard InChI is InChI=1S/C13H11FN4/c1-7-16-6-11(15)13(18-7)10-5-17-12-3-2-8(14)4-9(10)12/h2-6,17H,15H2,1H3. The molecule has 0 saturated carbocycles. The van der Waals surface area contributed by atoms with Gasteiger partial charge < -0.3 is 10.7 Å². The molecule has 0 radical (unpaired) electrons. The van der Waals surface area contributed by atoms with Crippen molar-refractivity contribution in [2.75, 3.05) is 5.73 Å². The van der Waals surface area contributed by atoms with Crippen molar-refractivity contribution in [3.63, 3.8) is 0 Å². The average molecular weight is 242 g/mol. The van der Waals surface area contributed by atoms with Crippen LogP contribution >= 0.6 is 0 Å². The number of H-pyrrole nitrogens is 1. The zero-order valence-corrected chi connectivity index (χ0v) is 9.74. The number of aromatic nitrogens is 3. The topological polar surface area (TPSA) is 67.6 Å².